The molecule has 0 aliphatic carbocycles. The van der Waals surface area contributed by atoms with Crippen molar-refractivity contribution in [3.05, 3.63) is 53.6 Å². The zero-order chi connectivity index (χ0) is 24.4. The van der Waals surface area contributed by atoms with Crippen molar-refractivity contribution in [3.63, 3.8) is 0 Å². The summed E-state index contributed by atoms with van der Waals surface area (Å²) in [4.78, 5) is 39.2. The minimum atomic E-state index is -3.83. The Bertz CT molecular complexity index is 1180. The molecule has 176 valence electrons. The summed E-state index contributed by atoms with van der Waals surface area (Å²) in [6, 6.07) is 12.4. The molecule has 1 aliphatic heterocycles. The van der Waals surface area contributed by atoms with E-state index in [0.717, 1.165) is 0 Å². The van der Waals surface area contributed by atoms with E-state index in [-0.39, 0.29) is 23.8 Å². The first-order valence-electron chi connectivity index (χ1n) is 10.1. The van der Waals surface area contributed by atoms with Gasteiger partial charge in [-0.3, -0.25) is 19.3 Å². The Hall–Kier alpha value is -2.95. The van der Waals surface area contributed by atoms with Crippen LogP contribution in [0.3, 0.4) is 0 Å². The molecule has 2 N–H and O–H groups in total. The molecule has 0 fully saturated rings. The number of hydrogen-bond acceptors (Lipinski definition) is 6. The summed E-state index contributed by atoms with van der Waals surface area (Å²) in [5.74, 6) is -1.70. The second-order valence-electron chi connectivity index (χ2n) is 7.94. The lowest BCUT2D eigenvalue weighted by molar-refractivity contribution is -0.154. The quantitative estimate of drug-likeness (QED) is 0.572. The molecular formula is C22H24ClN3O6S. The van der Waals surface area contributed by atoms with Gasteiger partial charge in [-0.15, -0.1) is 0 Å². The van der Waals surface area contributed by atoms with Crippen molar-refractivity contribution in [2.45, 2.75) is 43.7 Å². The Labute approximate surface area is 197 Å². The number of ether oxygens (including phenoxy) is 1. The Morgan fingerprint density at radius 1 is 1.15 bits per heavy atom. The van der Waals surface area contributed by atoms with E-state index < -0.39 is 33.5 Å². The molecule has 33 heavy (non-hydrogen) atoms. The highest BCUT2D eigenvalue weighted by molar-refractivity contribution is 7.89. The normalized spacial score (nSPS) is 15.9. The Morgan fingerprint density at radius 3 is 2.45 bits per heavy atom. The molecule has 9 nitrogen and oxygen atoms in total. The molecule has 0 saturated carbocycles. The molecule has 0 aromatic heterocycles. The van der Waals surface area contributed by atoms with E-state index in [9.17, 15) is 22.8 Å². The maximum atomic E-state index is 13.1. The SMILES string of the molecule is C[C@@H](OC(=O)CCNS(=O)(=O)c1ccc(Cl)cc1)C(=O)N1c2ccccc2NC(=O)C1(C)C. The van der Waals surface area contributed by atoms with E-state index in [0.29, 0.717) is 16.4 Å². The second kappa shape index (κ2) is 9.50. The number of fused-ring (bicyclic) bond motifs is 1. The fraction of sp³-hybridized carbons (Fsp3) is 0.318. The van der Waals surface area contributed by atoms with Gasteiger partial charge < -0.3 is 10.1 Å². The number of benzene rings is 2. The zero-order valence-electron chi connectivity index (χ0n) is 18.3. The van der Waals surface area contributed by atoms with Crippen LogP contribution >= 0.6 is 11.6 Å². The minimum Gasteiger partial charge on any atom is -0.452 e. The first-order chi connectivity index (χ1) is 15.4. The first kappa shape index (κ1) is 24.7. The highest BCUT2D eigenvalue weighted by atomic mass is 35.5. The summed E-state index contributed by atoms with van der Waals surface area (Å²) in [5, 5.41) is 3.16. The number of anilines is 2. The fourth-order valence-corrected chi connectivity index (χ4v) is 4.48. The maximum absolute atomic E-state index is 13.1. The number of esters is 1. The molecule has 2 amide bonds. The monoisotopic (exact) mass is 493 g/mol. The van der Waals surface area contributed by atoms with E-state index in [4.69, 9.17) is 16.3 Å². The second-order valence-corrected chi connectivity index (χ2v) is 10.1. The van der Waals surface area contributed by atoms with Crippen LogP contribution in [-0.4, -0.2) is 44.4 Å². The third kappa shape index (κ3) is 5.35. The molecule has 0 radical (unpaired) electrons. The maximum Gasteiger partial charge on any atom is 0.307 e. The van der Waals surface area contributed by atoms with Gasteiger partial charge in [-0.25, -0.2) is 13.1 Å². The number of halogens is 1. The van der Waals surface area contributed by atoms with Gasteiger partial charge in [0.15, 0.2) is 6.10 Å². The van der Waals surface area contributed by atoms with Gasteiger partial charge in [0.25, 0.3) is 5.91 Å². The van der Waals surface area contributed by atoms with E-state index in [1.165, 1.54) is 36.1 Å². The van der Waals surface area contributed by atoms with Crippen LogP contribution in [0.2, 0.25) is 5.02 Å². The van der Waals surface area contributed by atoms with Crippen molar-refractivity contribution in [1.82, 2.24) is 4.72 Å². The number of rotatable bonds is 7. The first-order valence-corrected chi connectivity index (χ1v) is 12.0. The van der Waals surface area contributed by atoms with Gasteiger partial charge in [0, 0.05) is 11.6 Å². The zero-order valence-corrected chi connectivity index (χ0v) is 19.9. The summed E-state index contributed by atoms with van der Waals surface area (Å²) in [5.41, 5.74) is -0.239. The van der Waals surface area contributed by atoms with Crippen LogP contribution in [0.4, 0.5) is 11.4 Å². The molecule has 1 aliphatic rings. The van der Waals surface area contributed by atoms with Crippen molar-refractivity contribution in [2.24, 2.45) is 0 Å². The van der Waals surface area contributed by atoms with E-state index in [2.05, 4.69) is 10.0 Å². The van der Waals surface area contributed by atoms with Crippen LogP contribution in [0.5, 0.6) is 0 Å². The standard InChI is InChI=1S/C22H24ClN3O6S/c1-14(20(28)26-18-7-5-4-6-17(18)25-21(29)22(26,2)3)32-19(27)12-13-24-33(30,31)16-10-8-15(23)9-11-16/h4-11,14,24H,12-13H2,1-3H3,(H,25,29)/t14-/m1/s1. The Morgan fingerprint density at radius 2 is 1.79 bits per heavy atom. The number of amides is 2. The summed E-state index contributed by atoms with van der Waals surface area (Å²) < 4.78 is 32.1. The molecular weight excluding hydrogens is 470 g/mol. The predicted octanol–water partition coefficient (Wildman–Crippen LogP) is 2.70. The largest absolute Gasteiger partial charge is 0.452 e. The van der Waals surface area contributed by atoms with Gasteiger partial charge in [0.05, 0.1) is 22.7 Å². The van der Waals surface area contributed by atoms with E-state index in [1.807, 2.05) is 0 Å². The molecule has 1 heterocycles. The molecule has 11 heteroatoms. The molecule has 1 atom stereocenters. The van der Waals surface area contributed by atoms with Crippen LogP contribution in [-0.2, 0) is 29.1 Å². The number of hydrogen-bond donors (Lipinski definition) is 2. The molecule has 0 bridgehead atoms. The average Bonchev–Trinajstić information content (AvgIpc) is 2.74. The van der Waals surface area contributed by atoms with E-state index >= 15 is 0 Å². The van der Waals surface area contributed by atoms with Crippen molar-refractivity contribution in [3.8, 4) is 0 Å². The Kier molecular flexibility index (Phi) is 7.11. The summed E-state index contributed by atoms with van der Waals surface area (Å²) in [6.45, 7) is 4.38. The van der Waals surface area contributed by atoms with Crippen molar-refractivity contribution >= 4 is 50.8 Å². The smallest absolute Gasteiger partial charge is 0.307 e. The third-order valence-corrected chi connectivity index (χ3v) is 6.86. The molecule has 3 rings (SSSR count). The number of sulfonamides is 1. The minimum absolute atomic E-state index is 0.00749. The molecule has 0 unspecified atom stereocenters. The number of nitrogens with one attached hydrogen (secondary N) is 2. The van der Waals surface area contributed by atoms with Crippen LogP contribution in [0, 0.1) is 0 Å². The topological polar surface area (TPSA) is 122 Å². The van der Waals surface area contributed by atoms with Gasteiger partial charge in [0.1, 0.15) is 5.54 Å². The predicted molar refractivity (Wildman–Crippen MR) is 123 cm³/mol. The summed E-state index contributed by atoms with van der Waals surface area (Å²) >= 11 is 5.76. The molecule has 0 saturated heterocycles. The highest BCUT2D eigenvalue weighted by Gasteiger charge is 2.45. The summed E-state index contributed by atoms with van der Waals surface area (Å²) in [7, 11) is -3.83. The highest BCUT2D eigenvalue weighted by Crippen LogP contribution is 2.37. The Balaban J connectivity index is 1.62. The van der Waals surface area contributed by atoms with Gasteiger partial charge >= 0.3 is 5.97 Å². The third-order valence-electron chi connectivity index (χ3n) is 5.13. The van der Waals surface area contributed by atoms with Crippen LogP contribution in [0.25, 0.3) is 0 Å². The number of nitrogens with zero attached hydrogens (tertiary/aromatic N) is 1. The lowest BCUT2D eigenvalue weighted by Gasteiger charge is -2.42. The van der Waals surface area contributed by atoms with Gasteiger partial charge in [-0.05, 0) is 57.2 Å². The van der Waals surface area contributed by atoms with Crippen LogP contribution in [0.1, 0.15) is 27.2 Å². The van der Waals surface area contributed by atoms with E-state index in [1.54, 1.807) is 38.1 Å². The van der Waals surface area contributed by atoms with Crippen molar-refractivity contribution < 1.29 is 27.5 Å². The number of para-hydroxylation sites is 2. The van der Waals surface area contributed by atoms with Gasteiger partial charge in [-0.1, -0.05) is 23.7 Å². The average molecular weight is 494 g/mol. The number of carbonyl (C=O) groups is 3. The van der Waals surface area contributed by atoms with Crippen LogP contribution in [0.15, 0.2) is 53.4 Å². The number of carbonyl (C=O) groups excluding carboxylic acids is 3. The van der Waals surface area contributed by atoms with Crippen molar-refractivity contribution in [2.75, 3.05) is 16.8 Å². The molecule has 2 aromatic carbocycles. The van der Waals surface area contributed by atoms with Gasteiger partial charge in [0.2, 0.25) is 15.9 Å². The lowest BCUT2D eigenvalue weighted by Crippen LogP contribution is -2.60. The van der Waals surface area contributed by atoms with Gasteiger partial charge in [-0.2, -0.15) is 0 Å². The molecule has 0 spiro atoms. The van der Waals surface area contributed by atoms with Crippen molar-refractivity contribution in [1.29, 1.82) is 0 Å². The van der Waals surface area contributed by atoms with Crippen LogP contribution < -0.4 is 14.9 Å². The molecule has 2 aromatic rings. The lowest BCUT2D eigenvalue weighted by atomic mass is 9.95. The fourth-order valence-electron chi connectivity index (χ4n) is 3.32. The summed E-state index contributed by atoms with van der Waals surface area (Å²) in [6.07, 6.45) is -1.48.